The Morgan fingerprint density at radius 2 is 2.30 bits per heavy atom. The molecule has 0 radical (unpaired) electrons. The molecule has 0 spiro atoms. The summed E-state index contributed by atoms with van der Waals surface area (Å²) in [5, 5.41) is 5.14. The van der Waals surface area contributed by atoms with E-state index in [1.807, 2.05) is 11.3 Å². The molecule has 0 saturated carbocycles. The second-order valence-electron chi connectivity index (χ2n) is 4.99. The largest absolute Gasteiger partial charge is 0.348 e. The van der Waals surface area contributed by atoms with E-state index >= 15 is 0 Å². The van der Waals surface area contributed by atoms with Crippen molar-refractivity contribution in [3.05, 3.63) is 39.2 Å². The molecule has 20 heavy (non-hydrogen) atoms. The molecule has 1 aliphatic rings. The third-order valence-corrected chi connectivity index (χ3v) is 6.30. The Bertz CT molecular complexity index is 757. The molecule has 0 saturated heterocycles. The highest BCUT2D eigenvalue weighted by Crippen LogP contribution is 2.38. The minimum absolute atomic E-state index is 0.410. The van der Waals surface area contributed by atoms with Gasteiger partial charge in [-0.05, 0) is 30.4 Å². The third kappa shape index (κ3) is 1.78. The summed E-state index contributed by atoms with van der Waals surface area (Å²) >= 11 is 7.20. The lowest BCUT2D eigenvalue weighted by molar-refractivity contribution is 0.624. The summed E-state index contributed by atoms with van der Waals surface area (Å²) in [6.07, 6.45) is 3.24. The standard InChI is InChI=1S/C14H14BrN3S2/c1-9-10-3-6-19-12(10)2-4-17(9)13-11(8-15)18-5-7-20-14(18)16-13/h3,5-7,9H,2,4,8H2,1H3. The molecule has 0 aliphatic carbocycles. The number of aromatic nitrogens is 2. The van der Waals surface area contributed by atoms with Gasteiger partial charge in [-0.25, -0.2) is 4.98 Å². The van der Waals surface area contributed by atoms with Gasteiger partial charge in [0.2, 0.25) is 0 Å². The number of fused-ring (bicyclic) bond motifs is 2. The van der Waals surface area contributed by atoms with Crippen LogP contribution in [0.15, 0.2) is 23.0 Å². The molecule has 0 bridgehead atoms. The van der Waals surface area contributed by atoms with Crippen LogP contribution < -0.4 is 4.90 Å². The van der Waals surface area contributed by atoms with Crippen LogP contribution >= 0.6 is 38.6 Å². The van der Waals surface area contributed by atoms with Crippen molar-refractivity contribution in [3.63, 3.8) is 0 Å². The fraction of sp³-hybridized carbons (Fsp3) is 0.357. The van der Waals surface area contributed by atoms with E-state index in [4.69, 9.17) is 4.98 Å². The minimum Gasteiger partial charge on any atom is -0.348 e. The molecule has 3 aromatic rings. The Balaban J connectivity index is 1.82. The lowest BCUT2D eigenvalue weighted by atomic mass is 10.0. The fourth-order valence-electron chi connectivity index (χ4n) is 2.97. The predicted molar refractivity (Wildman–Crippen MR) is 89.5 cm³/mol. The summed E-state index contributed by atoms with van der Waals surface area (Å²) in [6.45, 7) is 3.34. The first-order valence-corrected chi connectivity index (χ1v) is 9.51. The highest BCUT2D eigenvalue weighted by atomic mass is 79.9. The van der Waals surface area contributed by atoms with E-state index in [2.05, 4.69) is 55.2 Å². The SMILES string of the molecule is CC1c2ccsc2CCN1c1nc2sccn2c1CBr. The monoisotopic (exact) mass is 367 g/mol. The van der Waals surface area contributed by atoms with E-state index in [0.717, 1.165) is 29.1 Å². The Labute approximate surface area is 134 Å². The van der Waals surface area contributed by atoms with Crippen molar-refractivity contribution in [3.8, 4) is 0 Å². The predicted octanol–water partition coefficient (Wildman–Crippen LogP) is 4.48. The molecular weight excluding hydrogens is 354 g/mol. The Hall–Kier alpha value is -0.850. The molecule has 6 heteroatoms. The van der Waals surface area contributed by atoms with Gasteiger partial charge in [0.25, 0.3) is 0 Å². The average molecular weight is 368 g/mol. The molecular formula is C14H14BrN3S2. The molecule has 0 fully saturated rings. The zero-order chi connectivity index (χ0) is 13.7. The first-order valence-electron chi connectivity index (χ1n) is 6.63. The summed E-state index contributed by atoms with van der Waals surface area (Å²) in [6, 6.07) is 2.68. The van der Waals surface area contributed by atoms with Crippen LogP contribution in [0.3, 0.4) is 0 Å². The van der Waals surface area contributed by atoms with Gasteiger partial charge < -0.3 is 4.90 Å². The molecule has 1 unspecified atom stereocenters. The summed E-state index contributed by atoms with van der Waals surface area (Å²) in [5.74, 6) is 1.14. The summed E-state index contributed by atoms with van der Waals surface area (Å²) < 4.78 is 2.20. The molecule has 4 heterocycles. The smallest absolute Gasteiger partial charge is 0.195 e. The number of hydrogen-bond donors (Lipinski definition) is 0. The van der Waals surface area contributed by atoms with Crippen molar-refractivity contribution < 1.29 is 0 Å². The number of anilines is 1. The van der Waals surface area contributed by atoms with Crippen LogP contribution in [0.25, 0.3) is 4.96 Å². The van der Waals surface area contributed by atoms with Gasteiger partial charge in [0.1, 0.15) is 0 Å². The molecule has 4 rings (SSSR count). The van der Waals surface area contributed by atoms with Gasteiger partial charge in [-0.3, -0.25) is 4.40 Å². The zero-order valence-corrected chi connectivity index (χ0v) is 14.3. The lowest BCUT2D eigenvalue weighted by Gasteiger charge is -2.34. The van der Waals surface area contributed by atoms with E-state index in [0.29, 0.717) is 6.04 Å². The molecule has 1 aliphatic heterocycles. The van der Waals surface area contributed by atoms with Crippen molar-refractivity contribution in [1.29, 1.82) is 0 Å². The molecule has 1 atom stereocenters. The molecule has 104 valence electrons. The second-order valence-corrected chi connectivity index (χ2v) is 7.42. The van der Waals surface area contributed by atoms with Crippen LogP contribution in [0.2, 0.25) is 0 Å². The van der Waals surface area contributed by atoms with E-state index in [1.54, 1.807) is 11.3 Å². The number of thiazole rings is 1. The number of nitrogens with zero attached hydrogens (tertiary/aromatic N) is 3. The first-order chi connectivity index (χ1) is 9.79. The van der Waals surface area contributed by atoms with E-state index in [9.17, 15) is 0 Å². The Kier molecular flexibility index (Phi) is 3.12. The Morgan fingerprint density at radius 3 is 3.15 bits per heavy atom. The molecule has 0 amide bonds. The van der Waals surface area contributed by atoms with Crippen molar-refractivity contribution >= 4 is 49.4 Å². The van der Waals surface area contributed by atoms with Crippen molar-refractivity contribution in [2.45, 2.75) is 24.7 Å². The van der Waals surface area contributed by atoms with Crippen LogP contribution in [-0.4, -0.2) is 15.9 Å². The molecule has 0 N–H and O–H groups in total. The number of thiophene rings is 1. The fourth-order valence-corrected chi connectivity index (χ4v) is 5.19. The van der Waals surface area contributed by atoms with Gasteiger partial charge in [-0.1, -0.05) is 15.9 Å². The van der Waals surface area contributed by atoms with E-state index < -0.39 is 0 Å². The van der Waals surface area contributed by atoms with Crippen LogP contribution in [0, 0.1) is 0 Å². The molecule has 3 nitrogen and oxygen atoms in total. The van der Waals surface area contributed by atoms with Gasteiger partial charge in [-0.15, -0.1) is 22.7 Å². The van der Waals surface area contributed by atoms with Gasteiger partial charge in [0, 0.05) is 28.3 Å². The van der Waals surface area contributed by atoms with Crippen LogP contribution in [0.5, 0.6) is 0 Å². The minimum atomic E-state index is 0.410. The summed E-state index contributed by atoms with van der Waals surface area (Å²) in [7, 11) is 0. The summed E-state index contributed by atoms with van der Waals surface area (Å²) in [4.78, 5) is 9.92. The van der Waals surface area contributed by atoms with E-state index in [-0.39, 0.29) is 0 Å². The third-order valence-electron chi connectivity index (χ3n) is 4.02. The summed E-state index contributed by atoms with van der Waals surface area (Å²) in [5.41, 5.74) is 2.73. The highest BCUT2D eigenvalue weighted by Gasteiger charge is 2.28. The maximum absolute atomic E-state index is 4.86. The quantitative estimate of drug-likeness (QED) is 0.622. The molecule has 0 aromatic carbocycles. The zero-order valence-electron chi connectivity index (χ0n) is 11.0. The van der Waals surface area contributed by atoms with Crippen LogP contribution in [0.1, 0.15) is 29.1 Å². The number of rotatable bonds is 2. The van der Waals surface area contributed by atoms with Crippen LogP contribution in [-0.2, 0) is 11.8 Å². The van der Waals surface area contributed by atoms with E-state index in [1.165, 1.54) is 16.1 Å². The van der Waals surface area contributed by atoms with Crippen molar-refractivity contribution in [2.75, 3.05) is 11.4 Å². The maximum atomic E-state index is 4.86. The normalized spacial score (nSPS) is 18.7. The second kappa shape index (κ2) is 4.86. The average Bonchev–Trinajstić information content (AvgIpc) is 3.13. The molecule has 3 aromatic heterocycles. The highest BCUT2D eigenvalue weighted by molar-refractivity contribution is 9.08. The van der Waals surface area contributed by atoms with Gasteiger partial charge in [0.15, 0.2) is 10.8 Å². The number of halogens is 1. The maximum Gasteiger partial charge on any atom is 0.195 e. The van der Waals surface area contributed by atoms with Gasteiger partial charge in [-0.2, -0.15) is 0 Å². The lowest BCUT2D eigenvalue weighted by Crippen LogP contribution is -2.34. The number of hydrogen-bond acceptors (Lipinski definition) is 4. The number of alkyl halides is 1. The topological polar surface area (TPSA) is 20.5 Å². The van der Waals surface area contributed by atoms with Gasteiger partial charge >= 0.3 is 0 Å². The van der Waals surface area contributed by atoms with Gasteiger partial charge in [0.05, 0.1) is 11.7 Å². The first kappa shape index (κ1) is 12.9. The van der Waals surface area contributed by atoms with Crippen molar-refractivity contribution in [1.82, 2.24) is 9.38 Å². The van der Waals surface area contributed by atoms with Crippen LogP contribution in [0.4, 0.5) is 5.82 Å². The number of imidazole rings is 1. The Morgan fingerprint density at radius 1 is 1.40 bits per heavy atom. The van der Waals surface area contributed by atoms with Crippen molar-refractivity contribution in [2.24, 2.45) is 0 Å².